The molecule has 0 bridgehead atoms. The number of pyridine rings is 1. The Labute approximate surface area is 128 Å². The van der Waals surface area contributed by atoms with Gasteiger partial charge in [0.15, 0.2) is 0 Å². The molecule has 0 saturated heterocycles. The number of carbonyl (C=O) groups excluding carboxylic acids is 1. The Morgan fingerprint density at radius 2 is 2.18 bits per heavy atom. The van der Waals surface area contributed by atoms with Gasteiger partial charge in [-0.25, -0.2) is 4.68 Å². The number of hydrogen-bond donors (Lipinski definition) is 1. The molecule has 2 aromatic rings. The van der Waals surface area contributed by atoms with E-state index < -0.39 is 0 Å². The molecule has 0 atom stereocenters. The number of fused-ring (bicyclic) bond motifs is 1. The highest BCUT2D eigenvalue weighted by atomic mass is 16.2. The van der Waals surface area contributed by atoms with E-state index >= 15 is 0 Å². The molecule has 0 radical (unpaired) electrons. The summed E-state index contributed by atoms with van der Waals surface area (Å²) in [7, 11) is 0. The normalized spacial score (nSPS) is 13.5. The van der Waals surface area contributed by atoms with Crippen LogP contribution in [-0.4, -0.2) is 20.7 Å². The third kappa shape index (κ3) is 3.39. The van der Waals surface area contributed by atoms with Crippen LogP contribution < -0.4 is 10.9 Å². The number of nitrogens with zero attached hydrogens (tertiary/aromatic N) is 3. The maximum absolute atomic E-state index is 12.0. The molecule has 6 nitrogen and oxygen atoms in total. The van der Waals surface area contributed by atoms with Gasteiger partial charge in [0, 0.05) is 25.0 Å². The minimum atomic E-state index is -0.228. The summed E-state index contributed by atoms with van der Waals surface area (Å²) in [6.45, 7) is 0.346. The molecule has 0 unspecified atom stereocenters. The Morgan fingerprint density at radius 3 is 3.00 bits per heavy atom. The Hall–Kier alpha value is -2.50. The number of aryl methyl sites for hydroxylation is 2. The molecule has 2 aromatic heterocycles. The van der Waals surface area contributed by atoms with Crippen LogP contribution in [0.25, 0.3) is 0 Å². The van der Waals surface area contributed by atoms with Gasteiger partial charge in [0.1, 0.15) is 6.54 Å². The van der Waals surface area contributed by atoms with E-state index in [4.69, 9.17) is 0 Å². The zero-order valence-electron chi connectivity index (χ0n) is 12.3. The third-order valence-electron chi connectivity index (χ3n) is 3.78. The average molecular weight is 298 g/mol. The lowest BCUT2D eigenvalue weighted by Gasteiger charge is -2.15. The first kappa shape index (κ1) is 14.4. The topological polar surface area (TPSA) is 76.9 Å². The summed E-state index contributed by atoms with van der Waals surface area (Å²) < 4.78 is 1.25. The number of carbonyl (C=O) groups is 1. The van der Waals surface area contributed by atoms with E-state index in [0.717, 1.165) is 42.5 Å². The van der Waals surface area contributed by atoms with E-state index in [9.17, 15) is 9.59 Å². The van der Waals surface area contributed by atoms with Crippen molar-refractivity contribution >= 4 is 5.91 Å². The van der Waals surface area contributed by atoms with E-state index in [-0.39, 0.29) is 18.0 Å². The van der Waals surface area contributed by atoms with Gasteiger partial charge >= 0.3 is 0 Å². The monoisotopic (exact) mass is 298 g/mol. The highest BCUT2D eigenvalue weighted by Gasteiger charge is 2.14. The van der Waals surface area contributed by atoms with Gasteiger partial charge in [-0.3, -0.25) is 14.6 Å². The van der Waals surface area contributed by atoms with Crippen LogP contribution in [0.3, 0.4) is 0 Å². The van der Waals surface area contributed by atoms with E-state index in [1.165, 1.54) is 4.68 Å². The van der Waals surface area contributed by atoms with Crippen LogP contribution in [-0.2, 0) is 30.7 Å². The first-order valence-corrected chi connectivity index (χ1v) is 7.48. The summed E-state index contributed by atoms with van der Waals surface area (Å²) in [5, 5.41) is 7.11. The summed E-state index contributed by atoms with van der Waals surface area (Å²) in [5.74, 6) is -0.228. The van der Waals surface area contributed by atoms with E-state index in [1.54, 1.807) is 18.5 Å². The second-order valence-electron chi connectivity index (χ2n) is 5.46. The van der Waals surface area contributed by atoms with Crippen molar-refractivity contribution < 1.29 is 4.79 Å². The Bertz CT molecular complexity index is 725. The van der Waals surface area contributed by atoms with Crippen molar-refractivity contribution in [3.8, 4) is 0 Å². The van der Waals surface area contributed by atoms with Gasteiger partial charge in [-0.2, -0.15) is 5.10 Å². The number of hydrogen-bond acceptors (Lipinski definition) is 4. The summed E-state index contributed by atoms with van der Waals surface area (Å²) >= 11 is 0. The van der Waals surface area contributed by atoms with Crippen LogP contribution in [0.15, 0.2) is 35.4 Å². The van der Waals surface area contributed by atoms with Crippen molar-refractivity contribution in [2.75, 3.05) is 0 Å². The summed E-state index contributed by atoms with van der Waals surface area (Å²) in [6, 6.07) is 5.32. The lowest BCUT2D eigenvalue weighted by molar-refractivity contribution is -0.122. The highest BCUT2D eigenvalue weighted by Crippen LogP contribution is 2.16. The summed E-state index contributed by atoms with van der Waals surface area (Å²) in [5.41, 5.74) is 2.69. The quantitative estimate of drug-likeness (QED) is 0.907. The van der Waals surface area contributed by atoms with Gasteiger partial charge < -0.3 is 5.32 Å². The fourth-order valence-corrected chi connectivity index (χ4v) is 2.61. The van der Waals surface area contributed by atoms with Crippen LogP contribution in [0, 0.1) is 0 Å². The Morgan fingerprint density at radius 1 is 1.32 bits per heavy atom. The molecule has 0 aromatic carbocycles. The second-order valence-corrected chi connectivity index (χ2v) is 5.46. The van der Waals surface area contributed by atoms with Gasteiger partial charge in [-0.05, 0) is 42.9 Å². The molecule has 0 saturated carbocycles. The van der Waals surface area contributed by atoms with Crippen molar-refractivity contribution in [2.24, 2.45) is 0 Å². The van der Waals surface area contributed by atoms with E-state index in [2.05, 4.69) is 15.4 Å². The van der Waals surface area contributed by atoms with Gasteiger partial charge in [0.25, 0.3) is 5.56 Å². The molecule has 0 aliphatic heterocycles. The van der Waals surface area contributed by atoms with Crippen molar-refractivity contribution in [1.29, 1.82) is 0 Å². The largest absolute Gasteiger partial charge is 0.350 e. The van der Waals surface area contributed by atoms with Crippen molar-refractivity contribution in [3.05, 3.63) is 57.8 Å². The molecule has 2 heterocycles. The molecular formula is C16H18N4O2. The standard InChI is InChI=1S/C16H18N4O2/c21-15(18-10-12-4-3-7-17-9-12)11-20-16(22)8-13-5-1-2-6-14(13)19-20/h3-4,7-9H,1-2,5-6,10-11H2,(H,18,21). The lowest BCUT2D eigenvalue weighted by Crippen LogP contribution is -2.34. The third-order valence-corrected chi connectivity index (χ3v) is 3.78. The smallest absolute Gasteiger partial charge is 0.267 e. The van der Waals surface area contributed by atoms with Crippen LogP contribution in [0.5, 0.6) is 0 Å². The Kier molecular flexibility index (Phi) is 4.27. The predicted octanol–water partition coefficient (Wildman–Crippen LogP) is 0.833. The number of amides is 1. The van der Waals surface area contributed by atoms with Gasteiger partial charge in [-0.1, -0.05) is 6.07 Å². The van der Waals surface area contributed by atoms with Gasteiger partial charge in [0.2, 0.25) is 5.91 Å². The minimum absolute atomic E-state index is 0.0492. The van der Waals surface area contributed by atoms with Crippen molar-refractivity contribution in [3.63, 3.8) is 0 Å². The zero-order valence-corrected chi connectivity index (χ0v) is 12.3. The molecule has 1 amide bonds. The maximum Gasteiger partial charge on any atom is 0.267 e. The maximum atomic E-state index is 12.0. The highest BCUT2D eigenvalue weighted by molar-refractivity contribution is 5.75. The fraction of sp³-hybridized carbons (Fsp3) is 0.375. The van der Waals surface area contributed by atoms with Gasteiger partial charge in [-0.15, -0.1) is 0 Å². The SMILES string of the molecule is O=C(Cn1nc2c(cc1=O)CCCC2)NCc1cccnc1. The molecule has 114 valence electrons. The number of aromatic nitrogens is 3. The molecule has 3 rings (SSSR count). The Balaban J connectivity index is 1.65. The van der Waals surface area contributed by atoms with Crippen LogP contribution in [0.1, 0.15) is 29.7 Å². The number of nitrogens with one attached hydrogen (secondary N) is 1. The number of rotatable bonds is 4. The zero-order chi connectivity index (χ0) is 15.4. The molecule has 1 aliphatic carbocycles. The minimum Gasteiger partial charge on any atom is -0.350 e. The summed E-state index contributed by atoms with van der Waals surface area (Å²) in [6.07, 6.45) is 7.36. The van der Waals surface area contributed by atoms with Crippen molar-refractivity contribution in [2.45, 2.75) is 38.8 Å². The van der Waals surface area contributed by atoms with E-state index in [1.807, 2.05) is 12.1 Å². The van der Waals surface area contributed by atoms with E-state index in [0.29, 0.717) is 6.54 Å². The molecular weight excluding hydrogens is 280 g/mol. The molecule has 0 fully saturated rings. The van der Waals surface area contributed by atoms with Crippen LogP contribution in [0.2, 0.25) is 0 Å². The average Bonchev–Trinajstić information content (AvgIpc) is 2.55. The first-order valence-electron chi connectivity index (χ1n) is 7.48. The van der Waals surface area contributed by atoms with Gasteiger partial charge in [0.05, 0.1) is 5.69 Å². The molecule has 6 heteroatoms. The molecule has 1 N–H and O–H groups in total. The molecule has 22 heavy (non-hydrogen) atoms. The molecule has 0 spiro atoms. The lowest BCUT2D eigenvalue weighted by atomic mass is 9.97. The predicted molar refractivity (Wildman–Crippen MR) is 81.2 cm³/mol. The first-order chi connectivity index (χ1) is 10.7. The fourth-order valence-electron chi connectivity index (χ4n) is 2.61. The second kappa shape index (κ2) is 6.51. The van der Waals surface area contributed by atoms with Crippen LogP contribution >= 0.6 is 0 Å². The molecule has 1 aliphatic rings. The van der Waals surface area contributed by atoms with Crippen molar-refractivity contribution in [1.82, 2.24) is 20.1 Å². The summed E-state index contributed by atoms with van der Waals surface area (Å²) in [4.78, 5) is 28.0. The van der Waals surface area contributed by atoms with Crippen LogP contribution in [0.4, 0.5) is 0 Å².